The monoisotopic (exact) mass is 636 g/mol. The molecule has 32 heavy (non-hydrogen) atoms. The highest BCUT2D eigenvalue weighted by molar-refractivity contribution is 9.10. The molecule has 0 unspecified atom stereocenters. The van der Waals surface area contributed by atoms with E-state index in [1.54, 1.807) is 18.2 Å². The molecule has 3 rings (SSSR count). The van der Waals surface area contributed by atoms with Gasteiger partial charge in [0.2, 0.25) is 0 Å². The number of carbonyl (C=O) groups excluding carboxylic acids is 1. The van der Waals surface area contributed by atoms with Crippen LogP contribution in [0.2, 0.25) is 0 Å². The predicted molar refractivity (Wildman–Crippen MR) is 144 cm³/mol. The summed E-state index contributed by atoms with van der Waals surface area (Å²) in [7, 11) is 0. The third kappa shape index (κ3) is 7.78. The van der Waals surface area contributed by atoms with Gasteiger partial charge in [-0.05, 0) is 59.7 Å². The minimum atomic E-state index is -0.176. The quantitative estimate of drug-likeness (QED) is 0.239. The third-order valence-corrected chi connectivity index (χ3v) is 6.16. The largest absolute Gasteiger partial charge is 0.378 e. The van der Waals surface area contributed by atoms with Crippen molar-refractivity contribution in [1.29, 1.82) is 5.26 Å². The van der Waals surface area contributed by atoms with Crippen molar-refractivity contribution in [2.75, 3.05) is 0 Å². The molecule has 3 N–H and O–H groups in total. The third-order valence-electron chi connectivity index (χ3n) is 4.29. The van der Waals surface area contributed by atoms with Gasteiger partial charge in [0, 0.05) is 26.8 Å². The molecule has 3 aromatic carbocycles. The van der Waals surface area contributed by atoms with Crippen LogP contribution in [-0.4, -0.2) is 11.1 Å². The smallest absolute Gasteiger partial charge is 0.251 e. The summed E-state index contributed by atoms with van der Waals surface area (Å²) >= 11 is 8.21. The maximum absolute atomic E-state index is 12.8. The molecule has 0 aliphatic carbocycles. The number of carbonyl (C=O) groups is 1. The van der Waals surface area contributed by atoms with Crippen LogP contribution >= 0.6 is 60.6 Å². The second kappa shape index (κ2) is 12.8. The molecule has 0 fully saturated rings. The molecule has 0 heterocycles. The molecule has 0 saturated heterocycles. The van der Waals surface area contributed by atoms with Gasteiger partial charge in [0.1, 0.15) is 0 Å². The van der Waals surface area contributed by atoms with E-state index in [2.05, 4.69) is 48.2 Å². The number of nitrogens with two attached hydrogens (primary N) is 1. The first-order valence-corrected chi connectivity index (χ1v) is 11.8. The van der Waals surface area contributed by atoms with Crippen LogP contribution in [0.4, 0.5) is 5.69 Å². The van der Waals surface area contributed by atoms with Crippen LogP contribution in [-0.2, 0) is 12.3 Å². The maximum Gasteiger partial charge on any atom is 0.251 e. The summed E-state index contributed by atoms with van der Waals surface area (Å²) in [5.74, 6) is 0.336. The Balaban J connectivity index is 0.00000363. The second-order valence-corrected chi connectivity index (χ2v) is 9.33. The topological polar surface area (TPSA) is 91.3 Å². The lowest BCUT2D eigenvalue weighted by Crippen LogP contribution is -2.24. The second-order valence-electron chi connectivity index (χ2n) is 6.51. The minimum Gasteiger partial charge on any atom is -0.378 e. The lowest BCUT2D eigenvalue weighted by atomic mass is 10.1. The van der Waals surface area contributed by atoms with Crippen LogP contribution in [0.3, 0.4) is 0 Å². The maximum atomic E-state index is 12.8. The van der Waals surface area contributed by atoms with Gasteiger partial charge < -0.3 is 11.1 Å². The summed E-state index contributed by atoms with van der Waals surface area (Å²) in [6.07, 6.45) is 0. The fraction of sp³-hybridized carbons (Fsp3) is 0.0870. The predicted octanol–water partition coefficient (Wildman–Crippen LogP) is 6.47. The molecule has 9 heteroatoms. The van der Waals surface area contributed by atoms with Crippen LogP contribution in [0, 0.1) is 11.3 Å². The van der Waals surface area contributed by atoms with Gasteiger partial charge in [0.15, 0.2) is 5.17 Å². The summed E-state index contributed by atoms with van der Waals surface area (Å²) in [5.41, 5.74) is 9.79. The van der Waals surface area contributed by atoms with Crippen LogP contribution in [0.15, 0.2) is 80.7 Å². The average molecular weight is 639 g/mol. The van der Waals surface area contributed by atoms with E-state index in [1.807, 2.05) is 48.5 Å². The van der Waals surface area contributed by atoms with Crippen molar-refractivity contribution in [3.05, 3.63) is 97.9 Å². The average Bonchev–Trinajstić information content (AvgIpc) is 2.78. The number of nitriles is 1. The highest BCUT2D eigenvalue weighted by Gasteiger charge is 2.13. The van der Waals surface area contributed by atoms with Gasteiger partial charge in [0.05, 0.1) is 17.3 Å². The van der Waals surface area contributed by atoms with Gasteiger partial charge in [-0.1, -0.05) is 61.8 Å². The normalized spacial score (nSPS) is 10.7. The molecular weight excluding hydrogens is 620 g/mol. The number of aliphatic imine (C=N–C) groups is 1. The van der Waals surface area contributed by atoms with Crippen molar-refractivity contribution in [3.63, 3.8) is 0 Å². The Hall–Kier alpha value is -2.12. The lowest BCUT2D eigenvalue weighted by molar-refractivity contribution is 0.0950. The molecule has 0 aliphatic heterocycles. The van der Waals surface area contributed by atoms with Crippen molar-refractivity contribution in [3.8, 4) is 6.07 Å². The number of thioether (sulfide) groups is 1. The fourth-order valence-electron chi connectivity index (χ4n) is 2.69. The zero-order valence-corrected chi connectivity index (χ0v) is 22.4. The Kier molecular flexibility index (Phi) is 10.5. The Morgan fingerprint density at radius 3 is 2.34 bits per heavy atom. The molecular formula is C23H19Br3N4OS. The van der Waals surface area contributed by atoms with Gasteiger partial charge >= 0.3 is 0 Å². The van der Waals surface area contributed by atoms with Crippen LogP contribution in [0.1, 0.15) is 27.0 Å². The molecule has 0 bridgehead atoms. The first-order chi connectivity index (χ1) is 14.9. The molecule has 5 nitrogen and oxygen atoms in total. The molecule has 0 aliphatic rings. The number of nitrogens with one attached hydrogen (secondary N) is 1. The van der Waals surface area contributed by atoms with E-state index in [1.165, 1.54) is 11.8 Å². The first kappa shape index (κ1) is 26.1. The summed E-state index contributed by atoms with van der Waals surface area (Å²) in [6.45, 7) is 0.372. The highest BCUT2D eigenvalue weighted by Crippen LogP contribution is 2.23. The number of nitrogens with zero attached hydrogens (tertiary/aromatic N) is 2. The Morgan fingerprint density at radius 2 is 1.69 bits per heavy atom. The van der Waals surface area contributed by atoms with Gasteiger partial charge in [-0.25, -0.2) is 4.99 Å². The molecule has 3 aromatic rings. The van der Waals surface area contributed by atoms with E-state index in [9.17, 15) is 4.79 Å². The van der Waals surface area contributed by atoms with Gasteiger partial charge in [-0.15, -0.1) is 17.0 Å². The van der Waals surface area contributed by atoms with Crippen molar-refractivity contribution in [1.82, 2.24) is 5.32 Å². The highest BCUT2D eigenvalue weighted by atomic mass is 79.9. The Morgan fingerprint density at radius 1 is 1.03 bits per heavy atom. The lowest BCUT2D eigenvalue weighted by Gasteiger charge is -2.11. The van der Waals surface area contributed by atoms with E-state index in [-0.39, 0.29) is 22.9 Å². The molecule has 0 saturated carbocycles. The summed E-state index contributed by atoms with van der Waals surface area (Å²) in [4.78, 5) is 17.2. The Labute approximate surface area is 218 Å². The summed E-state index contributed by atoms with van der Waals surface area (Å²) < 4.78 is 1.80. The number of hydrogen-bond acceptors (Lipinski definition) is 4. The SMILES string of the molecule is Br.N#Cc1ccc(CNC(=O)c2cc(Br)ccc2CS/C(N)=N/c2ccc(Br)cc2)cc1. The van der Waals surface area contributed by atoms with E-state index in [0.717, 1.165) is 25.8 Å². The number of rotatable bonds is 6. The fourth-order valence-corrected chi connectivity index (χ4v) is 4.04. The summed E-state index contributed by atoms with van der Waals surface area (Å²) in [5, 5.41) is 12.2. The zero-order chi connectivity index (χ0) is 22.2. The molecule has 0 radical (unpaired) electrons. The molecule has 164 valence electrons. The number of halogens is 3. The van der Waals surface area contributed by atoms with Crippen molar-refractivity contribution in [2.24, 2.45) is 10.7 Å². The number of benzene rings is 3. The first-order valence-electron chi connectivity index (χ1n) is 9.23. The molecule has 0 aromatic heterocycles. The molecule has 0 spiro atoms. The van der Waals surface area contributed by atoms with Crippen molar-refractivity contribution < 1.29 is 4.79 Å². The number of hydrogen-bond donors (Lipinski definition) is 2. The Bertz CT molecular complexity index is 1140. The van der Waals surface area contributed by atoms with Crippen molar-refractivity contribution in [2.45, 2.75) is 12.3 Å². The van der Waals surface area contributed by atoms with E-state index in [4.69, 9.17) is 11.0 Å². The van der Waals surface area contributed by atoms with Crippen LogP contribution < -0.4 is 11.1 Å². The number of amides is 1. The minimum absolute atomic E-state index is 0. The van der Waals surface area contributed by atoms with Crippen LogP contribution in [0.5, 0.6) is 0 Å². The zero-order valence-electron chi connectivity index (χ0n) is 16.7. The van der Waals surface area contributed by atoms with Crippen molar-refractivity contribution >= 4 is 77.4 Å². The van der Waals surface area contributed by atoms with Gasteiger partial charge in [0.25, 0.3) is 5.91 Å². The number of amidine groups is 1. The standard InChI is InChI=1S/C23H18Br2N4OS.BrH/c24-18-7-9-20(10-8-18)29-23(27)31-14-17-5-6-19(25)11-21(17)22(30)28-13-16-3-1-15(12-26)2-4-16;/h1-11H,13-14H2,(H2,27,29)(H,28,30);1H. The van der Waals surface area contributed by atoms with E-state index in [0.29, 0.717) is 28.6 Å². The molecule has 1 amide bonds. The molecule has 0 atom stereocenters. The van der Waals surface area contributed by atoms with E-state index < -0.39 is 0 Å². The van der Waals surface area contributed by atoms with Crippen LogP contribution in [0.25, 0.3) is 0 Å². The van der Waals surface area contributed by atoms with Gasteiger partial charge in [-0.2, -0.15) is 5.26 Å². The van der Waals surface area contributed by atoms with E-state index >= 15 is 0 Å². The summed E-state index contributed by atoms with van der Waals surface area (Å²) in [6, 6.07) is 22.4. The van der Waals surface area contributed by atoms with Gasteiger partial charge in [-0.3, -0.25) is 4.79 Å².